The van der Waals surface area contributed by atoms with Crippen LogP contribution in [0.2, 0.25) is 0 Å². The number of carboxylic acids is 1. The van der Waals surface area contributed by atoms with Crippen LogP contribution in [-0.2, 0) is 23.3 Å². The number of hydrogen-bond acceptors (Lipinski definition) is 4. The fraction of sp³-hybridized carbons (Fsp3) is 0.231. The largest absolute Gasteiger partial charge is 0.478 e. The molecule has 0 aliphatic heterocycles. The number of benzene rings is 1. The molecule has 0 saturated heterocycles. The Morgan fingerprint density at radius 3 is 2.67 bits per heavy atom. The molecule has 8 heteroatoms. The highest BCUT2D eigenvalue weighted by Crippen LogP contribution is 2.19. The minimum Gasteiger partial charge on any atom is -0.478 e. The number of sulfone groups is 1. The van der Waals surface area contributed by atoms with Crippen LogP contribution in [0.4, 0.5) is 4.39 Å². The van der Waals surface area contributed by atoms with E-state index in [1.165, 1.54) is 10.9 Å². The molecule has 0 atom stereocenters. The fourth-order valence-corrected chi connectivity index (χ4v) is 3.24. The Morgan fingerprint density at radius 2 is 2.10 bits per heavy atom. The molecule has 0 bridgehead atoms. The second-order valence-corrected chi connectivity index (χ2v) is 6.54. The summed E-state index contributed by atoms with van der Waals surface area (Å²) in [5.74, 6) is -2.59. The molecule has 0 fully saturated rings. The van der Waals surface area contributed by atoms with E-state index in [0.29, 0.717) is 5.69 Å². The minimum atomic E-state index is -3.92. The second-order valence-electron chi connectivity index (χ2n) is 4.47. The van der Waals surface area contributed by atoms with Gasteiger partial charge in [-0.15, -0.1) is 0 Å². The monoisotopic (exact) mass is 312 g/mol. The van der Waals surface area contributed by atoms with Crippen LogP contribution in [0.5, 0.6) is 0 Å². The Hall–Kier alpha value is -2.22. The van der Waals surface area contributed by atoms with E-state index in [2.05, 4.69) is 5.10 Å². The first-order valence-corrected chi connectivity index (χ1v) is 7.69. The van der Waals surface area contributed by atoms with E-state index in [4.69, 9.17) is 5.11 Å². The lowest BCUT2D eigenvalue weighted by Gasteiger charge is -2.07. The van der Waals surface area contributed by atoms with E-state index in [1.54, 1.807) is 13.1 Å². The lowest BCUT2D eigenvalue weighted by atomic mass is 10.2. The van der Waals surface area contributed by atoms with Crippen LogP contribution in [0.3, 0.4) is 0 Å². The third kappa shape index (κ3) is 3.27. The maximum atomic E-state index is 13.7. The number of halogens is 1. The molecule has 1 aromatic heterocycles. The van der Waals surface area contributed by atoms with E-state index >= 15 is 0 Å². The average Bonchev–Trinajstić information content (AvgIpc) is 2.82. The fourth-order valence-electron chi connectivity index (χ4n) is 1.87. The summed E-state index contributed by atoms with van der Waals surface area (Å²) >= 11 is 0. The summed E-state index contributed by atoms with van der Waals surface area (Å²) in [7, 11) is -2.25. The van der Waals surface area contributed by atoms with Gasteiger partial charge in [0, 0.05) is 25.4 Å². The maximum absolute atomic E-state index is 13.7. The van der Waals surface area contributed by atoms with Gasteiger partial charge in [0.05, 0.1) is 11.3 Å². The minimum absolute atomic E-state index is 0.162. The zero-order chi connectivity index (χ0) is 15.6. The SMILES string of the molecule is Cn1nccc1CCS(=O)(=O)c1cc(C(=O)O)ccc1F. The van der Waals surface area contributed by atoms with Crippen LogP contribution < -0.4 is 0 Å². The van der Waals surface area contributed by atoms with E-state index in [1.807, 2.05) is 0 Å². The van der Waals surface area contributed by atoms with Gasteiger partial charge < -0.3 is 5.11 Å². The first kappa shape index (κ1) is 15.2. The third-order valence-electron chi connectivity index (χ3n) is 3.06. The first-order valence-electron chi connectivity index (χ1n) is 6.04. The van der Waals surface area contributed by atoms with Crippen LogP contribution in [0, 0.1) is 5.82 Å². The molecule has 0 aliphatic rings. The number of carboxylic acid groups (broad SMARTS) is 1. The number of hydrogen-bond donors (Lipinski definition) is 1. The summed E-state index contributed by atoms with van der Waals surface area (Å²) in [5.41, 5.74) is 0.420. The Kier molecular flexibility index (Phi) is 4.08. The summed E-state index contributed by atoms with van der Waals surface area (Å²) in [5, 5.41) is 12.8. The number of rotatable bonds is 5. The predicted octanol–water partition coefficient (Wildman–Crippen LogP) is 1.27. The molecular weight excluding hydrogens is 299 g/mol. The van der Waals surface area contributed by atoms with Gasteiger partial charge in [0.2, 0.25) is 0 Å². The van der Waals surface area contributed by atoms with Gasteiger partial charge in [-0.2, -0.15) is 5.10 Å². The zero-order valence-corrected chi connectivity index (χ0v) is 12.0. The third-order valence-corrected chi connectivity index (χ3v) is 4.79. The molecule has 0 radical (unpaired) electrons. The first-order chi connectivity index (χ1) is 9.81. The summed E-state index contributed by atoms with van der Waals surface area (Å²) in [6.45, 7) is 0. The van der Waals surface area contributed by atoms with Gasteiger partial charge in [-0.3, -0.25) is 4.68 Å². The van der Waals surface area contributed by atoms with E-state index in [9.17, 15) is 17.6 Å². The van der Waals surface area contributed by atoms with Gasteiger partial charge >= 0.3 is 5.97 Å². The maximum Gasteiger partial charge on any atom is 0.335 e. The van der Waals surface area contributed by atoms with E-state index < -0.39 is 26.5 Å². The quantitative estimate of drug-likeness (QED) is 0.898. The molecular formula is C13H13FN2O4S. The summed E-state index contributed by atoms with van der Waals surface area (Å²) < 4.78 is 39.6. The molecule has 21 heavy (non-hydrogen) atoms. The highest BCUT2D eigenvalue weighted by atomic mass is 32.2. The van der Waals surface area contributed by atoms with Crippen LogP contribution in [0.25, 0.3) is 0 Å². The number of aromatic carboxylic acids is 1. The van der Waals surface area contributed by atoms with E-state index in [0.717, 1.165) is 18.2 Å². The van der Waals surface area contributed by atoms with Crippen molar-refractivity contribution in [2.75, 3.05) is 5.75 Å². The number of aromatic nitrogens is 2. The number of aryl methyl sites for hydroxylation is 2. The molecule has 0 unspecified atom stereocenters. The highest BCUT2D eigenvalue weighted by molar-refractivity contribution is 7.91. The standard InChI is InChI=1S/C13H13FN2O4S/c1-16-10(4-6-15-16)5-7-21(19,20)12-8-9(13(17)18)2-3-11(12)14/h2-4,6,8H,5,7H2,1H3,(H,17,18). The van der Waals surface area contributed by atoms with Crippen LogP contribution in [0.15, 0.2) is 35.4 Å². The molecule has 0 saturated carbocycles. The second kappa shape index (κ2) is 5.65. The van der Waals surface area contributed by atoms with Crippen molar-refractivity contribution in [3.8, 4) is 0 Å². The Morgan fingerprint density at radius 1 is 1.38 bits per heavy atom. The predicted molar refractivity (Wildman–Crippen MR) is 72.3 cm³/mol. The molecule has 1 N–H and O–H groups in total. The normalized spacial score (nSPS) is 11.5. The van der Waals surface area contributed by atoms with Gasteiger partial charge in [0.25, 0.3) is 0 Å². The summed E-state index contributed by atoms with van der Waals surface area (Å²) in [6, 6.07) is 4.38. The van der Waals surface area contributed by atoms with Gasteiger partial charge in [-0.05, 0) is 24.3 Å². The van der Waals surface area contributed by atoms with Gasteiger partial charge in [-0.1, -0.05) is 0 Å². The topological polar surface area (TPSA) is 89.3 Å². The molecule has 1 aromatic carbocycles. The van der Waals surface area contributed by atoms with Gasteiger partial charge in [0.15, 0.2) is 9.84 Å². The van der Waals surface area contributed by atoms with Crippen LogP contribution >= 0.6 is 0 Å². The molecule has 112 valence electrons. The summed E-state index contributed by atoms with van der Waals surface area (Å²) in [6.07, 6.45) is 1.70. The Labute approximate surface area is 120 Å². The Balaban J connectivity index is 2.29. The molecule has 0 aliphatic carbocycles. The van der Waals surface area contributed by atoms with Crippen molar-refractivity contribution in [1.82, 2.24) is 9.78 Å². The van der Waals surface area contributed by atoms with Gasteiger partial charge in [-0.25, -0.2) is 17.6 Å². The van der Waals surface area contributed by atoms with Crippen molar-refractivity contribution in [3.63, 3.8) is 0 Å². The van der Waals surface area contributed by atoms with Crippen molar-refractivity contribution in [1.29, 1.82) is 0 Å². The lowest BCUT2D eigenvalue weighted by Crippen LogP contribution is -2.14. The van der Waals surface area contributed by atoms with Crippen molar-refractivity contribution in [2.24, 2.45) is 7.05 Å². The molecule has 0 amide bonds. The molecule has 6 nitrogen and oxygen atoms in total. The molecule has 1 heterocycles. The van der Waals surface area contributed by atoms with Crippen LogP contribution in [0.1, 0.15) is 16.1 Å². The average molecular weight is 312 g/mol. The van der Waals surface area contributed by atoms with Crippen molar-refractivity contribution in [2.45, 2.75) is 11.3 Å². The van der Waals surface area contributed by atoms with Gasteiger partial charge in [0.1, 0.15) is 10.7 Å². The molecule has 0 spiro atoms. The number of nitrogens with zero attached hydrogens (tertiary/aromatic N) is 2. The van der Waals surface area contributed by atoms with E-state index in [-0.39, 0.29) is 17.7 Å². The molecule has 2 rings (SSSR count). The van der Waals surface area contributed by atoms with Crippen LogP contribution in [-0.4, -0.2) is 35.0 Å². The Bertz CT molecular complexity index is 783. The van der Waals surface area contributed by atoms with Crippen molar-refractivity contribution < 1.29 is 22.7 Å². The number of carbonyl (C=O) groups is 1. The smallest absolute Gasteiger partial charge is 0.335 e. The highest BCUT2D eigenvalue weighted by Gasteiger charge is 2.21. The summed E-state index contributed by atoms with van der Waals surface area (Å²) in [4.78, 5) is 10.3. The lowest BCUT2D eigenvalue weighted by molar-refractivity contribution is 0.0696. The van der Waals surface area contributed by atoms with Crippen molar-refractivity contribution in [3.05, 3.63) is 47.5 Å². The van der Waals surface area contributed by atoms with Crippen molar-refractivity contribution >= 4 is 15.8 Å². The molecule has 2 aromatic rings. The zero-order valence-electron chi connectivity index (χ0n) is 11.2.